The molecule has 0 aliphatic heterocycles. The molecule has 336 valence electrons. The molecule has 1 unspecified atom stereocenters. The van der Waals surface area contributed by atoms with Gasteiger partial charge in [0.05, 0.1) is 0 Å². The molecule has 0 aromatic heterocycles. The summed E-state index contributed by atoms with van der Waals surface area (Å²) in [6.45, 7) is 6.46. The van der Waals surface area contributed by atoms with E-state index in [4.69, 9.17) is 14.2 Å². The van der Waals surface area contributed by atoms with Crippen molar-refractivity contribution in [3.63, 3.8) is 0 Å². The molecule has 1 atom stereocenters. The van der Waals surface area contributed by atoms with Gasteiger partial charge in [-0.15, -0.1) is 0 Å². The first-order chi connectivity index (χ1) is 28.5. The topological polar surface area (TPSA) is 78.9 Å². The van der Waals surface area contributed by atoms with Crippen LogP contribution in [-0.2, 0) is 28.6 Å². The molecule has 0 spiro atoms. The molecule has 0 amide bonds. The van der Waals surface area contributed by atoms with Crippen LogP contribution in [0.5, 0.6) is 0 Å². The Morgan fingerprint density at radius 1 is 0.362 bits per heavy atom. The molecule has 0 aromatic rings. The predicted molar refractivity (Wildman–Crippen MR) is 247 cm³/mol. The fourth-order valence-electron chi connectivity index (χ4n) is 6.98. The molecule has 0 N–H and O–H groups in total. The van der Waals surface area contributed by atoms with Crippen molar-refractivity contribution in [2.24, 2.45) is 0 Å². The summed E-state index contributed by atoms with van der Waals surface area (Å²) in [5.41, 5.74) is 0. The lowest BCUT2D eigenvalue weighted by atomic mass is 10.0. The number of hydrogen-bond acceptors (Lipinski definition) is 6. The van der Waals surface area contributed by atoms with E-state index in [1.54, 1.807) is 0 Å². The smallest absolute Gasteiger partial charge is 0.306 e. The third kappa shape index (κ3) is 44.5. The number of hydrogen-bond donors (Lipinski definition) is 0. The van der Waals surface area contributed by atoms with Gasteiger partial charge in [-0.1, -0.05) is 236 Å². The predicted octanol–water partition coefficient (Wildman–Crippen LogP) is 15.9. The minimum atomic E-state index is -0.787. The second kappa shape index (κ2) is 47.1. The van der Waals surface area contributed by atoms with E-state index in [9.17, 15) is 14.4 Å². The summed E-state index contributed by atoms with van der Waals surface area (Å²) in [4.78, 5) is 37.8. The molecule has 0 fully saturated rings. The van der Waals surface area contributed by atoms with Crippen LogP contribution in [0.3, 0.4) is 0 Å². The molecular formula is C52H92O6. The van der Waals surface area contributed by atoms with Crippen molar-refractivity contribution in [3.05, 3.63) is 48.6 Å². The van der Waals surface area contributed by atoms with Crippen LogP contribution in [0.4, 0.5) is 0 Å². The Bertz CT molecular complexity index is 1030. The fourth-order valence-corrected chi connectivity index (χ4v) is 6.98. The Labute approximate surface area is 358 Å². The number of carbonyl (C=O) groups excluding carboxylic acids is 3. The number of ether oxygens (including phenoxy) is 3. The highest BCUT2D eigenvalue weighted by molar-refractivity contribution is 5.71. The monoisotopic (exact) mass is 813 g/mol. The maximum absolute atomic E-state index is 12.7. The normalized spacial score (nSPS) is 12.4. The quantitative estimate of drug-likeness (QED) is 0.0264. The van der Waals surface area contributed by atoms with E-state index in [1.165, 1.54) is 135 Å². The van der Waals surface area contributed by atoms with E-state index in [-0.39, 0.29) is 37.5 Å². The lowest BCUT2D eigenvalue weighted by molar-refractivity contribution is -0.167. The summed E-state index contributed by atoms with van der Waals surface area (Å²) in [5.74, 6) is -0.922. The van der Waals surface area contributed by atoms with Gasteiger partial charge in [-0.05, 0) is 38.5 Å². The Balaban J connectivity index is 4.32. The van der Waals surface area contributed by atoms with Gasteiger partial charge in [0.1, 0.15) is 13.2 Å². The summed E-state index contributed by atoms with van der Waals surface area (Å²) in [5, 5.41) is 0. The molecular weight excluding hydrogens is 721 g/mol. The molecule has 6 nitrogen and oxygen atoms in total. The van der Waals surface area contributed by atoms with Gasteiger partial charge >= 0.3 is 17.9 Å². The van der Waals surface area contributed by atoms with E-state index in [1.807, 2.05) is 36.5 Å². The van der Waals surface area contributed by atoms with Crippen molar-refractivity contribution in [1.82, 2.24) is 0 Å². The van der Waals surface area contributed by atoms with Crippen LogP contribution in [-0.4, -0.2) is 37.2 Å². The second-order valence-corrected chi connectivity index (χ2v) is 16.5. The Kier molecular flexibility index (Phi) is 44.9. The van der Waals surface area contributed by atoms with E-state index in [0.29, 0.717) is 12.8 Å². The molecule has 0 aromatic carbocycles. The van der Waals surface area contributed by atoms with Crippen LogP contribution in [0.15, 0.2) is 48.6 Å². The van der Waals surface area contributed by atoms with Gasteiger partial charge in [0.2, 0.25) is 0 Å². The Morgan fingerprint density at radius 2 is 0.672 bits per heavy atom. The van der Waals surface area contributed by atoms with Crippen LogP contribution in [0, 0.1) is 0 Å². The summed E-state index contributed by atoms with van der Waals surface area (Å²) in [6, 6.07) is 0. The summed E-state index contributed by atoms with van der Waals surface area (Å²) < 4.78 is 16.7. The van der Waals surface area contributed by atoms with Crippen molar-refractivity contribution in [1.29, 1.82) is 0 Å². The first-order valence-electron chi connectivity index (χ1n) is 24.7. The highest BCUT2D eigenvalue weighted by atomic mass is 16.6. The maximum atomic E-state index is 12.7. The van der Waals surface area contributed by atoms with E-state index >= 15 is 0 Å². The molecule has 0 bridgehead atoms. The van der Waals surface area contributed by atoms with Gasteiger partial charge in [0.25, 0.3) is 0 Å². The van der Waals surface area contributed by atoms with Gasteiger partial charge in [-0.25, -0.2) is 0 Å². The molecule has 6 heteroatoms. The zero-order valence-electron chi connectivity index (χ0n) is 38.3. The van der Waals surface area contributed by atoms with Gasteiger partial charge in [0.15, 0.2) is 6.10 Å². The third-order valence-electron chi connectivity index (χ3n) is 10.7. The highest BCUT2D eigenvalue weighted by Gasteiger charge is 2.19. The zero-order chi connectivity index (χ0) is 42.3. The Morgan fingerprint density at radius 3 is 1.05 bits per heavy atom. The molecule has 0 saturated heterocycles. The number of esters is 3. The van der Waals surface area contributed by atoms with E-state index in [2.05, 4.69) is 32.9 Å². The molecule has 0 radical (unpaired) electrons. The van der Waals surface area contributed by atoms with Crippen LogP contribution >= 0.6 is 0 Å². The molecule has 0 heterocycles. The van der Waals surface area contributed by atoms with Crippen molar-refractivity contribution in [2.45, 2.75) is 252 Å². The van der Waals surface area contributed by atoms with Crippen LogP contribution < -0.4 is 0 Å². The third-order valence-corrected chi connectivity index (χ3v) is 10.7. The van der Waals surface area contributed by atoms with Gasteiger partial charge in [0, 0.05) is 19.3 Å². The van der Waals surface area contributed by atoms with Gasteiger partial charge < -0.3 is 14.2 Å². The zero-order valence-corrected chi connectivity index (χ0v) is 38.3. The fraction of sp³-hybridized carbons (Fsp3) is 0.788. The lowest BCUT2D eigenvalue weighted by Crippen LogP contribution is -2.30. The average Bonchev–Trinajstić information content (AvgIpc) is 3.22. The highest BCUT2D eigenvalue weighted by Crippen LogP contribution is 2.16. The maximum Gasteiger partial charge on any atom is 0.306 e. The van der Waals surface area contributed by atoms with Crippen LogP contribution in [0.2, 0.25) is 0 Å². The first kappa shape index (κ1) is 55.4. The first-order valence-corrected chi connectivity index (χ1v) is 24.7. The summed E-state index contributed by atoms with van der Waals surface area (Å²) >= 11 is 0. The van der Waals surface area contributed by atoms with Gasteiger partial charge in [-0.2, -0.15) is 0 Å². The SMILES string of the molecule is CC\C=C/C=C\C=C/C=C\CCCCCC(=O)OC(COC(=O)CCCCCCCCCCC)COC(=O)CCCCCCCCCCCCCCCCCCCC. The van der Waals surface area contributed by atoms with E-state index < -0.39 is 6.10 Å². The standard InChI is InChI=1S/C52H92O6/c1-4-7-10-13-16-19-21-23-24-25-26-27-29-30-33-36-39-42-45-51(54)57-48-49(47-56-50(53)44-41-38-35-32-18-15-12-9-6-3)58-52(55)46-43-40-37-34-31-28-22-20-17-14-11-8-5-2/h8,11,14,17,20,22,28,31,49H,4-7,9-10,12-13,15-16,18-19,21,23-27,29-30,32-48H2,1-3H3/b11-8-,17-14-,22-20-,31-28-. The second-order valence-electron chi connectivity index (χ2n) is 16.5. The summed E-state index contributed by atoms with van der Waals surface area (Å²) in [7, 11) is 0. The van der Waals surface area contributed by atoms with Gasteiger partial charge in [-0.3, -0.25) is 14.4 Å². The van der Waals surface area contributed by atoms with Crippen molar-refractivity contribution in [3.8, 4) is 0 Å². The number of unbranched alkanes of at least 4 members (excludes halogenated alkanes) is 28. The number of allylic oxidation sites excluding steroid dienone is 8. The summed E-state index contributed by atoms with van der Waals surface area (Å²) in [6.07, 6.45) is 55.3. The van der Waals surface area contributed by atoms with E-state index in [0.717, 1.165) is 70.6 Å². The number of carbonyl (C=O) groups is 3. The van der Waals surface area contributed by atoms with Crippen LogP contribution in [0.1, 0.15) is 245 Å². The molecule has 0 aliphatic carbocycles. The average molecular weight is 813 g/mol. The lowest BCUT2D eigenvalue weighted by Gasteiger charge is -2.18. The Hall–Kier alpha value is -2.63. The van der Waals surface area contributed by atoms with Crippen molar-refractivity contribution in [2.75, 3.05) is 13.2 Å². The molecule has 0 rings (SSSR count). The van der Waals surface area contributed by atoms with Crippen molar-refractivity contribution >= 4 is 17.9 Å². The minimum absolute atomic E-state index is 0.0860. The molecule has 0 saturated carbocycles. The van der Waals surface area contributed by atoms with Crippen LogP contribution in [0.25, 0.3) is 0 Å². The largest absolute Gasteiger partial charge is 0.462 e. The number of rotatable bonds is 44. The molecule has 0 aliphatic rings. The van der Waals surface area contributed by atoms with Crippen molar-refractivity contribution < 1.29 is 28.6 Å². The minimum Gasteiger partial charge on any atom is -0.462 e. The molecule has 58 heavy (non-hydrogen) atoms.